The van der Waals surface area contributed by atoms with Crippen molar-refractivity contribution >= 4 is 22.6 Å². The van der Waals surface area contributed by atoms with Gasteiger partial charge in [0, 0.05) is 53.5 Å². The second kappa shape index (κ2) is 10.4. The van der Waals surface area contributed by atoms with Crippen LogP contribution in [0.2, 0.25) is 0 Å². The maximum absolute atomic E-state index is 11.9. The Labute approximate surface area is 208 Å². The topological polar surface area (TPSA) is 60.6 Å². The van der Waals surface area contributed by atoms with Crippen molar-refractivity contribution in [1.82, 2.24) is 15.2 Å². The zero-order valence-electron chi connectivity index (χ0n) is 21.2. The normalized spacial score (nSPS) is 18.5. The lowest BCUT2D eigenvalue weighted by Crippen LogP contribution is -2.50. The molecule has 2 saturated heterocycles. The van der Waals surface area contributed by atoms with Crippen LogP contribution < -0.4 is 10.2 Å². The number of piperidine rings is 2. The molecule has 3 heterocycles. The van der Waals surface area contributed by atoms with Gasteiger partial charge in [-0.25, -0.2) is 4.79 Å². The van der Waals surface area contributed by atoms with Crippen molar-refractivity contribution in [3.05, 3.63) is 54.1 Å². The van der Waals surface area contributed by atoms with Gasteiger partial charge in [-0.1, -0.05) is 12.1 Å². The molecule has 1 aromatic heterocycles. The van der Waals surface area contributed by atoms with E-state index in [-0.39, 0.29) is 5.97 Å². The summed E-state index contributed by atoms with van der Waals surface area (Å²) < 4.78 is 4.86. The number of fused-ring (bicyclic) bond motifs is 1. The molecule has 0 aliphatic carbocycles. The van der Waals surface area contributed by atoms with E-state index in [0.29, 0.717) is 23.7 Å². The van der Waals surface area contributed by atoms with Crippen LogP contribution in [0.5, 0.6) is 0 Å². The zero-order chi connectivity index (χ0) is 24.4. The minimum Gasteiger partial charge on any atom is -0.465 e. The van der Waals surface area contributed by atoms with Crippen LogP contribution in [0.3, 0.4) is 0 Å². The van der Waals surface area contributed by atoms with Crippen LogP contribution in [-0.4, -0.2) is 67.3 Å². The highest BCUT2D eigenvalue weighted by atomic mass is 16.5. The van der Waals surface area contributed by atoms with E-state index in [1.807, 2.05) is 12.1 Å². The second-order valence-corrected chi connectivity index (χ2v) is 10.4. The standard InChI is InChI=1S/C29H38N4O2/c1-20(2)32-13-9-24(10-14-32)30-25-11-15-33(16-12-25)26-6-4-5-21(18-26)28-19-23-17-22(29(34)35-3)7-8-27(23)31-28/h4-8,17-20,24-25,30-31H,9-16H2,1-3H3. The Hall–Kier alpha value is -2.83. The Morgan fingerprint density at radius 2 is 1.69 bits per heavy atom. The van der Waals surface area contributed by atoms with Crippen molar-refractivity contribution in [2.45, 2.75) is 57.7 Å². The number of carbonyl (C=O) groups excluding carboxylic acids is 1. The fourth-order valence-corrected chi connectivity index (χ4v) is 5.62. The van der Waals surface area contributed by atoms with Gasteiger partial charge in [0.15, 0.2) is 0 Å². The molecule has 2 N–H and O–H groups in total. The summed E-state index contributed by atoms with van der Waals surface area (Å²) in [6, 6.07) is 18.5. The average Bonchev–Trinajstić information content (AvgIpc) is 3.33. The van der Waals surface area contributed by atoms with Crippen LogP contribution in [0, 0.1) is 0 Å². The van der Waals surface area contributed by atoms with Gasteiger partial charge >= 0.3 is 5.97 Å². The maximum atomic E-state index is 11.9. The minimum atomic E-state index is -0.310. The van der Waals surface area contributed by atoms with Gasteiger partial charge in [0.05, 0.1) is 12.7 Å². The molecular formula is C29H38N4O2. The number of carbonyl (C=O) groups is 1. The molecule has 2 fully saturated rings. The van der Waals surface area contributed by atoms with E-state index in [2.05, 4.69) is 64.3 Å². The fraction of sp³-hybridized carbons (Fsp3) is 0.483. The van der Waals surface area contributed by atoms with Crippen LogP contribution in [0.15, 0.2) is 48.5 Å². The van der Waals surface area contributed by atoms with E-state index >= 15 is 0 Å². The molecule has 186 valence electrons. The first-order valence-electron chi connectivity index (χ1n) is 13.1. The Bertz CT molecular complexity index is 1150. The SMILES string of the molecule is COC(=O)c1ccc2[nH]c(-c3cccc(N4CCC(NC5CCN(C(C)C)CC5)CC4)c3)cc2c1. The van der Waals surface area contributed by atoms with Crippen LogP contribution >= 0.6 is 0 Å². The summed E-state index contributed by atoms with van der Waals surface area (Å²) in [5.41, 5.74) is 5.09. The zero-order valence-corrected chi connectivity index (χ0v) is 21.2. The molecule has 35 heavy (non-hydrogen) atoms. The highest BCUT2D eigenvalue weighted by Crippen LogP contribution is 2.29. The molecule has 6 heteroatoms. The van der Waals surface area contributed by atoms with Crippen molar-refractivity contribution in [3.63, 3.8) is 0 Å². The number of aromatic amines is 1. The largest absolute Gasteiger partial charge is 0.465 e. The summed E-state index contributed by atoms with van der Waals surface area (Å²) in [5, 5.41) is 4.98. The monoisotopic (exact) mass is 474 g/mol. The average molecular weight is 475 g/mol. The molecule has 2 aromatic carbocycles. The molecule has 5 rings (SSSR count). The van der Waals surface area contributed by atoms with Gasteiger partial charge in [0.2, 0.25) is 0 Å². The lowest BCUT2D eigenvalue weighted by Gasteiger charge is -2.39. The predicted octanol–water partition coefficient (Wildman–Crippen LogP) is 5.05. The van der Waals surface area contributed by atoms with E-state index in [1.165, 1.54) is 51.6 Å². The van der Waals surface area contributed by atoms with Crippen molar-refractivity contribution in [2.75, 3.05) is 38.2 Å². The number of hydrogen-bond acceptors (Lipinski definition) is 5. The van der Waals surface area contributed by atoms with Crippen LogP contribution in [0.4, 0.5) is 5.69 Å². The number of nitrogens with zero attached hydrogens (tertiary/aromatic N) is 2. The van der Waals surface area contributed by atoms with E-state index in [4.69, 9.17) is 4.74 Å². The molecular weight excluding hydrogens is 436 g/mol. The number of ether oxygens (including phenoxy) is 1. The highest BCUT2D eigenvalue weighted by Gasteiger charge is 2.25. The number of esters is 1. The molecule has 2 aliphatic heterocycles. The first-order chi connectivity index (χ1) is 17.0. The Morgan fingerprint density at radius 1 is 0.971 bits per heavy atom. The Balaban J connectivity index is 1.20. The summed E-state index contributed by atoms with van der Waals surface area (Å²) >= 11 is 0. The summed E-state index contributed by atoms with van der Waals surface area (Å²) in [5.74, 6) is -0.310. The summed E-state index contributed by atoms with van der Waals surface area (Å²) in [6.07, 6.45) is 4.92. The lowest BCUT2D eigenvalue weighted by atomic mass is 9.98. The minimum absolute atomic E-state index is 0.310. The summed E-state index contributed by atoms with van der Waals surface area (Å²) in [7, 11) is 1.41. The predicted molar refractivity (Wildman–Crippen MR) is 143 cm³/mol. The van der Waals surface area contributed by atoms with Gasteiger partial charge in [-0.15, -0.1) is 0 Å². The number of methoxy groups -OCH3 is 1. The quantitative estimate of drug-likeness (QED) is 0.490. The van der Waals surface area contributed by atoms with Gasteiger partial charge in [0.1, 0.15) is 0 Å². The van der Waals surface area contributed by atoms with Crippen LogP contribution in [-0.2, 0) is 4.74 Å². The van der Waals surface area contributed by atoms with E-state index in [9.17, 15) is 4.79 Å². The maximum Gasteiger partial charge on any atom is 0.337 e. The number of anilines is 1. The smallest absolute Gasteiger partial charge is 0.337 e. The third-order valence-electron chi connectivity index (χ3n) is 7.79. The fourth-order valence-electron chi connectivity index (χ4n) is 5.62. The number of hydrogen-bond donors (Lipinski definition) is 2. The van der Waals surface area contributed by atoms with Gasteiger partial charge in [-0.3, -0.25) is 0 Å². The van der Waals surface area contributed by atoms with Crippen molar-refractivity contribution in [1.29, 1.82) is 0 Å². The molecule has 0 unspecified atom stereocenters. The Morgan fingerprint density at radius 3 is 2.37 bits per heavy atom. The van der Waals surface area contributed by atoms with Crippen LogP contribution in [0.25, 0.3) is 22.2 Å². The van der Waals surface area contributed by atoms with Gasteiger partial charge in [-0.05, 0) is 94.6 Å². The third kappa shape index (κ3) is 5.39. The first-order valence-corrected chi connectivity index (χ1v) is 13.1. The lowest BCUT2D eigenvalue weighted by molar-refractivity contribution is 0.0601. The molecule has 3 aromatic rings. The molecule has 0 atom stereocenters. The van der Waals surface area contributed by atoms with Gasteiger partial charge < -0.3 is 24.8 Å². The molecule has 0 radical (unpaired) electrons. The molecule has 0 spiro atoms. The number of rotatable bonds is 6. The molecule has 6 nitrogen and oxygen atoms in total. The van der Waals surface area contributed by atoms with E-state index in [1.54, 1.807) is 6.07 Å². The highest BCUT2D eigenvalue weighted by molar-refractivity contribution is 5.96. The number of H-pyrrole nitrogens is 1. The molecule has 0 bridgehead atoms. The van der Waals surface area contributed by atoms with Gasteiger partial charge in [-0.2, -0.15) is 0 Å². The molecule has 2 aliphatic rings. The van der Waals surface area contributed by atoms with E-state index < -0.39 is 0 Å². The van der Waals surface area contributed by atoms with Crippen molar-refractivity contribution in [2.24, 2.45) is 0 Å². The summed E-state index contributed by atoms with van der Waals surface area (Å²) in [6.45, 7) is 9.22. The number of nitrogens with one attached hydrogen (secondary N) is 2. The van der Waals surface area contributed by atoms with Crippen molar-refractivity contribution < 1.29 is 9.53 Å². The second-order valence-electron chi connectivity index (χ2n) is 10.4. The number of aromatic nitrogens is 1. The third-order valence-corrected chi connectivity index (χ3v) is 7.79. The van der Waals surface area contributed by atoms with Gasteiger partial charge in [0.25, 0.3) is 0 Å². The first kappa shape index (κ1) is 23.9. The number of benzene rings is 2. The Kier molecular flexibility index (Phi) is 7.12. The summed E-state index contributed by atoms with van der Waals surface area (Å²) in [4.78, 5) is 20.5. The van der Waals surface area contributed by atoms with Crippen molar-refractivity contribution in [3.8, 4) is 11.3 Å². The van der Waals surface area contributed by atoms with E-state index in [0.717, 1.165) is 35.2 Å². The molecule has 0 amide bonds. The van der Waals surface area contributed by atoms with Crippen LogP contribution in [0.1, 0.15) is 49.9 Å². The number of likely N-dealkylation sites (tertiary alicyclic amines) is 1. The molecule has 0 saturated carbocycles.